The molecule has 5 heteroatoms. The second-order valence-corrected chi connectivity index (χ2v) is 12.7. The van der Waals surface area contributed by atoms with Gasteiger partial charge < -0.3 is 15.5 Å². The Morgan fingerprint density at radius 1 is 1.06 bits per heavy atom. The Balaban J connectivity index is 1.31. The number of benzene rings is 1. The van der Waals surface area contributed by atoms with Gasteiger partial charge in [-0.1, -0.05) is 27.2 Å². The minimum Gasteiger partial charge on any atom is -0.497 e. The molecule has 8 atom stereocenters. The number of ketones is 1. The van der Waals surface area contributed by atoms with Crippen LogP contribution in [0, 0.1) is 46.3 Å². The van der Waals surface area contributed by atoms with E-state index in [1.807, 2.05) is 12.1 Å². The molecule has 0 saturated heterocycles. The molecule has 0 amide bonds. The van der Waals surface area contributed by atoms with Crippen LogP contribution >= 0.6 is 0 Å². The number of Topliss-reactive ketones (excluding diaryl/α,β-unsaturated/α-hetero) is 1. The molecule has 4 aliphatic rings. The summed E-state index contributed by atoms with van der Waals surface area (Å²) in [6.45, 7) is 7.72. The standard InChI is InChI=1S/C29H45N3O2/c1-18-11-13-28(2)19(15-18)5-7-21-22-8-9-24(29(22,3)14-12-23(21)28)27(33)17-32(31)26-16-20(34-4)6-10-25(26)30/h6,10,16,18-19,21-24H,5,7-9,11-15,17,30-31H2,1-4H3. The van der Waals surface area contributed by atoms with E-state index in [0.29, 0.717) is 28.5 Å². The maximum absolute atomic E-state index is 13.6. The fourth-order valence-electron chi connectivity index (χ4n) is 9.26. The Morgan fingerprint density at radius 3 is 2.56 bits per heavy atom. The highest BCUT2D eigenvalue weighted by Crippen LogP contribution is 2.67. The van der Waals surface area contributed by atoms with Gasteiger partial charge in [0.05, 0.1) is 25.0 Å². The summed E-state index contributed by atoms with van der Waals surface area (Å²) in [6, 6.07) is 5.42. The minimum absolute atomic E-state index is 0.105. The third kappa shape index (κ3) is 3.73. The highest BCUT2D eigenvalue weighted by atomic mass is 16.5. The molecular weight excluding hydrogens is 422 g/mol. The number of nitrogens with zero attached hydrogens (tertiary/aromatic N) is 1. The summed E-state index contributed by atoms with van der Waals surface area (Å²) in [6.07, 6.45) is 11.7. The van der Waals surface area contributed by atoms with Crippen LogP contribution < -0.4 is 21.3 Å². The van der Waals surface area contributed by atoms with Gasteiger partial charge >= 0.3 is 0 Å². The van der Waals surface area contributed by atoms with E-state index >= 15 is 0 Å². The molecule has 1 aromatic rings. The lowest BCUT2D eigenvalue weighted by molar-refractivity contribution is -0.135. The number of fused-ring (bicyclic) bond motifs is 5. The second-order valence-electron chi connectivity index (χ2n) is 12.7. The normalized spacial score (nSPS) is 41.2. The fraction of sp³-hybridized carbons (Fsp3) is 0.759. The number of hydrazine groups is 1. The van der Waals surface area contributed by atoms with E-state index in [9.17, 15) is 4.79 Å². The molecule has 188 valence electrons. The lowest BCUT2D eigenvalue weighted by atomic mass is 9.44. The van der Waals surface area contributed by atoms with Crippen molar-refractivity contribution in [1.82, 2.24) is 0 Å². The minimum atomic E-state index is 0.105. The highest BCUT2D eigenvalue weighted by molar-refractivity contribution is 5.87. The molecule has 8 unspecified atom stereocenters. The number of hydrogen-bond acceptors (Lipinski definition) is 5. The van der Waals surface area contributed by atoms with Crippen molar-refractivity contribution in [2.45, 2.75) is 78.6 Å². The van der Waals surface area contributed by atoms with E-state index in [2.05, 4.69) is 20.8 Å². The maximum Gasteiger partial charge on any atom is 0.157 e. The third-order valence-electron chi connectivity index (χ3n) is 11.2. The molecule has 0 heterocycles. The Labute approximate surface area is 205 Å². The van der Waals surface area contributed by atoms with Gasteiger partial charge in [0.1, 0.15) is 5.75 Å². The zero-order valence-electron chi connectivity index (χ0n) is 21.7. The van der Waals surface area contributed by atoms with Gasteiger partial charge in [-0.05, 0) is 104 Å². The summed E-state index contributed by atoms with van der Waals surface area (Å²) in [5, 5.41) is 1.53. The van der Waals surface area contributed by atoms with Gasteiger partial charge in [0, 0.05) is 12.0 Å². The fourth-order valence-corrected chi connectivity index (χ4v) is 9.26. The van der Waals surface area contributed by atoms with Crippen LogP contribution in [0.1, 0.15) is 78.6 Å². The second kappa shape index (κ2) is 8.72. The van der Waals surface area contributed by atoms with Gasteiger partial charge in [0.15, 0.2) is 5.78 Å². The summed E-state index contributed by atoms with van der Waals surface area (Å²) < 4.78 is 5.33. The third-order valence-corrected chi connectivity index (χ3v) is 11.2. The Bertz CT molecular complexity index is 934. The average Bonchev–Trinajstić information content (AvgIpc) is 3.17. The predicted molar refractivity (Wildman–Crippen MR) is 138 cm³/mol. The van der Waals surface area contributed by atoms with E-state index in [4.69, 9.17) is 16.3 Å². The largest absolute Gasteiger partial charge is 0.497 e. The molecule has 0 aromatic heterocycles. The first-order valence-electron chi connectivity index (χ1n) is 13.7. The Morgan fingerprint density at radius 2 is 1.79 bits per heavy atom. The van der Waals surface area contributed by atoms with E-state index in [1.165, 1.54) is 56.4 Å². The van der Waals surface area contributed by atoms with Crippen molar-refractivity contribution in [3.63, 3.8) is 0 Å². The summed E-state index contributed by atoms with van der Waals surface area (Å²) in [7, 11) is 1.62. The predicted octanol–water partition coefficient (Wildman–Crippen LogP) is 5.82. The number of nitrogen functional groups attached to an aromatic ring is 1. The van der Waals surface area contributed by atoms with Crippen LogP contribution in [0.5, 0.6) is 5.75 Å². The van der Waals surface area contributed by atoms with Gasteiger partial charge in [0.25, 0.3) is 0 Å². The molecule has 4 aliphatic carbocycles. The average molecular weight is 468 g/mol. The summed E-state index contributed by atoms with van der Waals surface area (Å²) >= 11 is 0. The molecule has 0 radical (unpaired) electrons. The summed E-state index contributed by atoms with van der Waals surface area (Å²) in [5.41, 5.74) is 8.03. The lowest BCUT2D eigenvalue weighted by Crippen LogP contribution is -2.54. The van der Waals surface area contributed by atoms with E-state index in [0.717, 1.165) is 30.1 Å². The number of nitrogens with two attached hydrogens (primary N) is 2. The molecule has 0 bridgehead atoms. The van der Waals surface area contributed by atoms with Gasteiger partial charge in [-0.3, -0.25) is 4.79 Å². The molecule has 34 heavy (non-hydrogen) atoms. The van der Waals surface area contributed by atoms with Crippen LogP contribution in [0.4, 0.5) is 11.4 Å². The molecular formula is C29H45N3O2. The van der Waals surface area contributed by atoms with Gasteiger partial charge in [-0.2, -0.15) is 0 Å². The van der Waals surface area contributed by atoms with Crippen molar-refractivity contribution < 1.29 is 9.53 Å². The first-order valence-corrected chi connectivity index (χ1v) is 13.7. The number of hydrogen-bond donors (Lipinski definition) is 2. The first kappa shape index (κ1) is 24.0. The molecule has 5 nitrogen and oxygen atoms in total. The highest BCUT2D eigenvalue weighted by Gasteiger charge is 2.60. The van der Waals surface area contributed by atoms with E-state index in [1.54, 1.807) is 13.2 Å². The number of rotatable bonds is 5. The van der Waals surface area contributed by atoms with Crippen molar-refractivity contribution in [3.8, 4) is 5.75 Å². The molecule has 4 saturated carbocycles. The molecule has 4 fully saturated rings. The summed E-state index contributed by atoms with van der Waals surface area (Å²) in [5.74, 6) is 11.6. The SMILES string of the molecule is COc1ccc(N)c(N(N)CC(=O)C2CCC3C4CCC5CC(C)CCC5(C)C4CCC23C)c1. The van der Waals surface area contributed by atoms with Crippen molar-refractivity contribution in [3.05, 3.63) is 18.2 Å². The van der Waals surface area contributed by atoms with Gasteiger partial charge in [0.2, 0.25) is 0 Å². The number of carbonyl (C=O) groups is 1. The van der Waals surface area contributed by atoms with Crippen molar-refractivity contribution in [1.29, 1.82) is 0 Å². The molecule has 5 rings (SSSR count). The molecule has 0 spiro atoms. The van der Waals surface area contributed by atoms with Crippen LogP contribution in [0.25, 0.3) is 0 Å². The van der Waals surface area contributed by atoms with Crippen LogP contribution in [0.2, 0.25) is 0 Å². The molecule has 1 aromatic carbocycles. The first-order chi connectivity index (χ1) is 16.2. The van der Waals surface area contributed by atoms with Crippen LogP contribution in [0.15, 0.2) is 18.2 Å². The zero-order chi connectivity index (χ0) is 24.3. The lowest BCUT2D eigenvalue weighted by Gasteiger charge is -2.61. The van der Waals surface area contributed by atoms with Crippen LogP contribution in [0.3, 0.4) is 0 Å². The Hall–Kier alpha value is -1.75. The number of carbonyl (C=O) groups excluding carboxylic acids is 1. The topological polar surface area (TPSA) is 81.6 Å². The number of ether oxygens (including phenoxy) is 1. The molecule has 4 N–H and O–H groups in total. The van der Waals surface area contributed by atoms with Crippen LogP contribution in [-0.2, 0) is 4.79 Å². The monoisotopic (exact) mass is 467 g/mol. The van der Waals surface area contributed by atoms with Crippen molar-refractivity contribution in [2.24, 2.45) is 52.2 Å². The maximum atomic E-state index is 13.6. The quantitative estimate of drug-likeness (QED) is 0.324. The Kier molecular flexibility index (Phi) is 6.15. The van der Waals surface area contributed by atoms with Gasteiger partial charge in [-0.15, -0.1) is 0 Å². The van der Waals surface area contributed by atoms with Crippen LogP contribution in [-0.4, -0.2) is 19.4 Å². The van der Waals surface area contributed by atoms with Crippen molar-refractivity contribution in [2.75, 3.05) is 24.4 Å². The van der Waals surface area contributed by atoms with E-state index in [-0.39, 0.29) is 23.7 Å². The number of anilines is 2. The van der Waals surface area contributed by atoms with E-state index < -0.39 is 0 Å². The zero-order valence-corrected chi connectivity index (χ0v) is 21.7. The van der Waals surface area contributed by atoms with Crippen molar-refractivity contribution >= 4 is 17.2 Å². The molecule has 0 aliphatic heterocycles. The number of methoxy groups -OCH3 is 1. The smallest absolute Gasteiger partial charge is 0.157 e. The summed E-state index contributed by atoms with van der Waals surface area (Å²) in [4.78, 5) is 13.6. The van der Waals surface area contributed by atoms with Gasteiger partial charge in [-0.25, -0.2) is 5.84 Å².